The highest BCUT2D eigenvalue weighted by atomic mass is 35.5. The minimum atomic E-state index is 0.541. The lowest BCUT2D eigenvalue weighted by Gasteiger charge is -2.08. The summed E-state index contributed by atoms with van der Waals surface area (Å²) in [5.74, 6) is 2.18. The van der Waals surface area contributed by atoms with E-state index < -0.39 is 0 Å². The van der Waals surface area contributed by atoms with E-state index in [-0.39, 0.29) is 0 Å². The van der Waals surface area contributed by atoms with Crippen LogP contribution in [0.3, 0.4) is 0 Å². The minimum Gasteiger partial charge on any atom is -0.457 e. The molecule has 88 valence electrons. The van der Waals surface area contributed by atoms with Crippen molar-refractivity contribution in [2.24, 2.45) is 0 Å². The third-order valence-electron chi connectivity index (χ3n) is 2.60. The third-order valence-corrected chi connectivity index (χ3v) is 2.85. The highest BCUT2D eigenvalue weighted by Gasteiger charge is 2.00. The molecule has 0 radical (unpaired) electrons. The maximum absolute atomic E-state index is 5.81. The zero-order chi connectivity index (χ0) is 12.3. The second kappa shape index (κ2) is 5.24. The number of hydrogen-bond donors (Lipinski definition) is 0. The summed E-state index contributed by atoms with van der Waals surface area (Å²) in [6.45, 7) is 4.35. The first-order chi connectivity index (χ1) is 8.15. The van der Waals surface area contributed by atoms with Crippen LogP contribution < -0.4 is 4.74 Å². The Morgan fingerprint density at radius 2 is 1.29 bits per heavy atom. The Hall–Kier alpha value is -1.47. The zero-order valence-corrected chi connectivity index (χ0v) is 10.7. The molecular weight excluding hydrogens is 232 g/mol. The van der Waals surface area contributed by atoms with Crippen molar-refractivity contribution in [1.82, 2.24) is 0 Å². The van der Waals surface area contributed by atoms with Gasteiger partial charge >= 0.3 is 0 Å². The van der Waals surface area contributed by atoms with Gasteiger partial charge in [0.15, 0.2) is 0 Å². The molecule has 0 aliphatic carbocycles. The summed E-state index contributed by atoms with van der Waals surface area (Å²) in [5, 5.41) is 0.715. The molecule has 0 saturated heterocycles. The maximum Gasteiger partial charge on any atom is 0.127 e. The number of halogens is 1. The van der Waals surface area contributed by atoms with Crippen molar-refractivity contribution >= 4 is 11.6 Å². The van der Waals surface area contributed by atoms with Crippen molar-refractivity contribution in [3.63, 3.8) is 0 Å². The summed E-state index contributed by atoms with van der Waals surface area (Å²) >= 11 is 5.81. The van der Waals surface area contributed by atoms with Gasteiger partial charge in [0.25, 0.3) is 0 Å². The third kappa shape index (κ3) is 3.24. The van der Waals surface area contributed by atoms with Crippen molar-refractivity contribution in [3.8, 4) is 11.5 Å². The van der Waals surface area contributed by atoms with Gasteiger partial charge in [-0.05, 0) is 47.9 Å². The molecule has 0 aliphatic heterocycles. The van der Waals surface area contributed by atoms with E-state index in [1.807, 2.05) is 36.4 Å². The summed E-state index contributed by atoms with van der Waals surface area (Å²) in [4.78, 5) is 0. The Balaban J connectivity index is 2.11. The van der Waals surface area contributed by atoms with Crippen molar-refractivity contribution < 1.29 is 4.74 Å². The van der Waals surface area contributed by atoms with E-state index in [2.05, 4.69) is 26.0 Å². The summed E-state index contributed by atoms with van der Waals surface area (Å²) in [6.07, 6.45) is 0. The Labute approximate surface area is 107 Å². The van der Waals surface area contributed by atoms with E-state index in [9.17, 15) is 0 Å². The van der Waals surface area contributed by atoms with Crippen LogP contribution in [-0.2, 0) is 0 Å². The molecule has 0 aliphatic rings. The molecule has 2 aromatic rings. The summed E-state index contributed by atoms with van der Waals surface area (Å²) in [5.41, 5.74) is 1.31. The molecule has 0 heterocycles. The zero-order valence-electron chi connectivity index (χ0n) is 9.98. The van der Waals surface area contributed by atoms with Crippen LogP contribution in [0.15, 0.2) is 48.5 Å². The van der Waals surface area contributed by atoms with Crippen LogP contribution in [0.2, 0.25) is 5.02 Å². The summed E-state index contributed by atoms with van der Waals surface area (Å²) in [6, 6.07) is 15.5. The van der Waals surface area contributed by atoms with Gasteiger partial charge in [0.05, 0.1) is 0 Å². The molecule has 0 unspecified atom stereocenters. The second-order valence-corrected chi connectivity index (χ2v) is 4.72. The lowest BCUT2D eigenvalue weighted by atomic mass is 10.0. The van der Waals surface area contributed by atoms with E-state index in [1.54, 1.807) is 0 Å². The molecule has 1 nitrogen and oxygen atoms in total. The largest absolute Gasteiger partial charge is 0.457 e. The molecule has 2 rings (SSSR count). The van der Waals surface area contributed by atoms with Crippen molar-refractivity contribution in [2.45, 2.75) is 19.8 Å². The quantitative estimate of drug-likeness (QED) is 0.718. The fraction of sp³-hybridized carbons (Fsp3) is 0.200. The summed E-state index contributed by atoms with van der Waals surface area (Å²) in [7, 11) is 0. The first-order valence-electron chi connectivity index (χ1n) is 5.68. The van der Waals surface area contributed by atoms with Crippen LogP contribution >= 0.6 is 11.6 Å². The molecule has 2 heteroatoms. The topological polar surface area (TPSA) is 9.23 Å². The highest BCUT2D eigenvalue weighted by molar-refractivity contribution is 6.30. The standard InChI is InChI=1S/C15H15ClO/c1-11(2)12-3-7-14(8-4-12)17-15-9-5-13(16)6-10-15/h3-11H,1-2H3. The van der Waals surface area contributed by atoms with Crippen molar-refractivity contribution in [3.05, 3.63) is 59.1 Å². The van der Waals surface area contributed by atoms with Crippen LogP contribution in [0.25, 0.3) is 0 Å². The molecular formula is C15H15ClO. The lowest BCUT2D eigenvalue weighted by molar-refractivity contribution is 0.482. The molecule has 0 saturated carbocycles. The van der Waals surface area contributed by atoms with Gasteiger partial charge in [0.2, 0.25) is 0 Å². The van der Waals surface area contributed by atoms with Gasteiger partial charge in [-0.25, -0.2) is 0 Å². The fourth-order valence-corrected chi connectivity index (χ4v) is 1.69. The molecule has 0 aromatic heterocycles. The van der Waals surface area contributed by atoms with E-state index in [0.717, 1.165) is 11.5 Å². The van der Waals surface area contributed by atoms with Gasteiger partial charge in [-0.1, -0.05) is 37.6 Å². The number of ether oxygens (including phenoxy) is 1. The predicted octanol–water partition coefficient (Wildman–Crippen LogP) is 5.26. The number of benzene rings is 2. The number of rotatable bonds is 3. The van der Waals surface area contributed by atoms with E-state index in [4.69, 9.17) is 16.3 Å². The smallest absolute Gasteiger partial charge is 0.127 e. The lowest BCUT2D eigenvalue weighted by Crippen LogP contribution is -1.88. The SMILES string of the molecule is CC(C)c1ccc(Oc2ccc(Cl)cc2)cc1. The van der Waals surface area contributed by atoms with E-state index in [1.165, 1.54) is 5.56 Å². The summed E-state index contributed by atoms with van der Waals surface area (Å²) < 4.78 is 5.71. The van der Waals surface area contributed by atoms with Gasteiger partial charge in [0.1, 0.15) is 11.5 Å². The van der Waals surface area contributed by atoms with Crippen LogP contribution in [-0.4, -0.2) is 0 Å². The van der Waals surface area contributed by atoms with Gasteiger partial charge in [-0.3, -0.25) is 0 Å². The average Bonchev–Trinajstić information content (AvgIpc) is 2.33. The van der Waals surface area contributed by atoms with Crippen LogP contribution in [0, 0.1) is 0 Å². The molecule has 2 aromatic carbocycles. The fourth-order valence-electron chi connectivity index (χ4n) is 1.56. The Morgan fingerprint density at radius 3 is 1.76 bits per heavy atom. The Morgan fingerprint density at radius 1 is 0.824 bits per heavy atom. The first kappa shape index (κ1) is 12.0. The van der Waals surface area contributed by atoms with Gasteiger partial charge in [-0.2, -0.15) is 0 Å². The van der Waals surface area contributed by atoms with Gasteiger partial charge in [-0.15, -0.1) is 0 Å². The normalized spacial score (nSPS) is 10.6. The maximum atomic E-state index is 5.81. The Bertz CT molecular complexity index is 471. The average molecular weight is 247 g/mol. The van der Waals surface area contributed by atoms with Gasteiger partial charge < -0.3 is 4.74 Å². The number of hydrogen-bond acceptors (Lipinski definition) is 1. The molecule has 0 fully saturated rings. The highest BCUT2D eigenvalue weighted by Crippen LogP contribution is 2.24. The molecule has 0 spiro atoms. The Kier molecular flexibility index (Phi) is 3.70. The molecule has 0 bridgehead atoms. The first-order valence-corrected chi connectivity index (χ1v) is 6.06. The monoisotopic (exact) mass is 246 g/mol. The van der Waals surface area contributed by atoms with Crippen LogP contribution in [0.4, 0.5) is 0 Å². The van der Waals surface area contributed by atoms with Crippen LogP contribution in [0.5, 0.6) is 11.5 Å². The molecule has 17 heavy (non-hydrogen) atoms. The molecule has 0 amide bonds. The predicted molar refractivity (Wildman–Crippen MR) is 72.1 cm³/mol. The van der Waals surface area contributed by atoms with E-state index >= 15 is 0 Å². The van der Waals surface area contributed by atoms with Crippen LogP contribution in [0.1, 0.15) is 25.3 Å². The van der Waals surface area contributed by atoms with Gasteiger partial charge in [0, 0.05) is 5.02 Å². The van der Waals surface area contributed by atoms with Crippen molar-refractivity contribution in [1.29, 1.82) is 0 Å². The molecule has 0 atom stereocenters. The van der Waals surface area contributed by atoms with E-state index in [0.29, 0.717) is 10.9 Å². The minimum absolute atomic E-state index is 0.541. The molecule has 0 N–H and O–H groups in total. The second-order valence-electron chi connectivity index (χ2n) is 4.28. The van der Waals surface area contributed by atoms with Crippen molar-refractivity contribution in [2.75, 3.05) is 0 Å².